The SMILES string of the molecule is NNC(Cc1ccccn1)c1cc(Cl)ccc1I. The van der Waals surface area contributed by atoms with Crippen LogP contribution in [0.2, 0.25) is 5.02 Å². The monoisotopic (exact) mass is 373 g/mol. The summed E-state index contributed by atoms with van der Waals surface area (Å²) in [7, 11) is 0. The van der Waals surface area contributed by atoms with Crippen molar-refractivity contribution in [1.82, 2.24) is 10.4 Å². The smallest absolute Gasteiger partial charge is 0.0526 e. The first-order valence-corrected chi connectivity index (χ1v) is 6.97. The number of hydrazine groups is 1. The molecule has 1 aromatic heterocycles. The molecule has 1 heterocycles. The molecule has 2 aromatic rings. The number of hydrogen-bond acceptors (Lipinski definition) is 3. The van der Waals surface area contributed by atoms with Crippen LogP contribution in [0.15, 0.2) is 42.6 Å². The summed E-state index contributed by atoms with van der Waals surface area (Å²) in [6.45, 7) is 0. The van der Waals surface area contributed by atoms with E-state index < -0.39 is 0 Å². The van der Waals surface area contributed by atoms with E-state index in [4.69, 9.17) is 17.4 Å². The summed E-state index contributed by atoms with van der Waals surface area (Å²) in [5, 5.41) is 0.715. The average Bonchev–Trinajstić information content (AvgIpc) is 2.40. The molecule has 1 unspecified atom stereocenters. The van der Waals surface area contributed by atoms with Crippen LogP contribution in [-0.2, 0) is 6.42 Å². The van der Waals surface area contributed by atoms with Gasteiger partial charge in [0.15, 0.2) is 0 Å². The van der Waals surface area contributed by atoms with Crippen LogP contribution in [0.3, 0.4) is 0 Å². The van der Waals surface area contributed by atoms with E-state index in [1.165, 1.54) is 0 Å². The molecular weight excluding hydrogens is 361 g/mol. The molecule has 1 aromatic carbocycles. The molecule has 0 bridgehead atoms. The van der Waals surface area contributed by atoms with Gasteiger partial charge in [0, 0.05) is 26.9 Å². The molecule has 0 aliphatic rings. The Balaban J connectivity index is 2.26. The van der Waals surface area contributed by atoms with Gasteiger partial charge in [-0.1, -0.05) is 17.7 Å². The maximum absolute atomic E-state index is 6.03. The molecule has 0 saturated heterocycles. The summed E-state index contributed by atoms with van der Waals surface area (Å²) in [6.07, 6.45) is 2.51. The van der Waals surface area contributed by atoms with Gasteiger partial charge in [0.1, 0.15) is 0 Å². The van der Waals surface area contributed by atoms with Gasteiger partial charge in [0.25, 0.3) is 0 Å². The fraction of sp³-hybridized carbons (Fsp3) is 0.154. The molecule has 0 fully saturated rings. The van der Waals surface area contributed by atoms with Gasteiger partial charge in [-0.2, -0.15) is 0 Å². The number of hydrogen-bond donors (Lipinski definition) is 2. The highest BCUT2D eigenvalue weighted by atomic mass is 127. The molecule has 3 N–H and O–H groups in total. The van der Waals surface area contributed by atoms with Crippen molar-refractivity contribution < 1.29 is 0 Å². The van der Waals surface area contributed by atoms with Crippen molar-refractivity contribution in [2.24, 2.45) is 5.84 Å². The maximum atomic E-state index is 6.03. The fourth-order valence-corrected chi connectivity index (χ4v) is 2.66. The normalized spacial score (nSPS) is 12.4. The first-order chi connectivity index (χ1) is 8.70. The van der Waals surface area contributed by atoms with E-state index in [1.807, 2.05) is 36.4 Å². The van der Waals surface area contributed by atoms with Crippen LogP contribution in [0.1, 0.15) is 17.3 Å². The second-order valence-electron chi connectivity index (χ2n) is 3.91. The van der Waals surface area contributed by atoms with Crippen LogP contribution in [0.25, 0.3) is 0 Å². The lowest BCUT2D eigenvalue weighted by Crippen LogP contribution is -2.30. The van der Waals surface area contributed by atoms with Crippen molar-refractivity contribution in [3.8, 4) is 0 Å². The third kappa shape index (κ3) is 3.41. The first-order valence-electron chi connectivity index (χ1n) is 5.51. The zero-order valence-corrected chi connectivity index (χ0v) is 12.5. The predicted molar refractivity (Wildman–Crippen MR) is 82.2 cm³/mol. The summed E-state index contributed by atoms with van der Waals surface area (Å²) in [4.78, 5) is 4.31. The van der Waals surface area contributed by atoms with Gasteiger partial charge < -0.3 is 0 Å². The lowest BCUT2D eigenvalue weighted by Gasteiger charge is -2.17. The van der Waals surface area contributed by atoms with E-state index in [0.29, 0.717) is 5.02 Å². The summed E-state index contributed by atoms with van der Waals surface area (Å²) < 4.78 is 1.14. The molecule has 18 heavy (non-hydrogen) atoms. The van der Waals surface area contributed by atoms with Crippen LogP contribution in [0.4, 0.5) is 0 Å². The number of pyridine rings is 1. The van der Waals surface area contributed by atoms with E-state index in [9.17, 15) is 0 Å². The number of nitrogens with two attached hydrogens (primary N) is 1. The highest BCUT2D eigenvalue weighted by Crippen LogP contribution is 2.25. The standard InChI is InChI=1S/C13H13ClIN3/c14-9-4-5-12(15)11(7-9)13(18-16)8-10-3-1-2-6-17-10/h1-7,13,18H,8,16H2. The Kier molecular flexibility index (Phi) is 4.94. The summed E-state index contributed by atoms with van der Waals surface area (Å²) in [6, 6.07) is 11.7. The van der Waals surface area contributed by atoms with Gasteiger partial charge in [0.05, 0.1) is 6.04 Å². The van der Waals surface area contributed by atoms with E-state index in [1.54, 1.807) is 6.20 Å². The minimum absolute atomic E-state index is 0.00509. The van der Waals surface area contributed by atoms with E-state index in [2.05, 4.69) is 33.0 Å². The third-order valence-corrected chi connectivity index (χ3v) is 3.89. The number of nitrogens with zero attached hydrogens (tertiary/aromatic N) is 1. The first kappa shape index (κ1) is 13.7. The topological polar surface area (TPSA) is 50.9 Å². The molecule has 2 rings (SSSR count). The van der Waals surface area contributed by atoms with Crippen molar-refractivity contribution in [3.63, 3.8) is 0 Å². The van der Waals surface area contributed by atoms with Crippen molar-refractivity contribution >= 4 is 34.2 Å². The second-order valence-corrected chi connectivity index (χ2v) is 5.51. The van der Waals surface area contributed by atoms with Gasteiger partial charge >= 0.3 is 0 Å². The van der Waals surface area contributed by atoms with Crippen LogP contribution >= 0.6 is 34.2 Å². The Morgan fingerprint density at radius 2 is 2.17 bits per heavy atom. The van der Waals surface area contributed by atoms with Crippen molar-refractivity contribution in [2.45, 2.75) is 12.5 Å². The van der Waals surface area contributed by atoms with Gasteiger partial charge in [-0.15, -0.1) is 0 Å². The lowest BCUT2D eigenvalue weighted by molar-refractivity contribution is 0.544. The molecule has 0 amide bonds. The molecule has 94 valence electrons. The Hall–Kier alpha value is -0.690. The summed E-state index contributed by atoms with van der Waals surface area (Å²) >= 11 is 8.32. The van der Waals surface area contributed by atoms with Gasteiger partial charge in [0.2, 0.25) is 0 Å². The van der Waals surface area contributed by atoms with Crippen molar-refractivity contribution in [2.75, 3.05) is 0 Å². The molecule has 0 saturated carbocycles. The lowest BCUT2D eigenvalue weighted by atomic mass is 10.0. The Morgan fingerprint density at radius 1 is 1.33 bits per heavy atom. The summed E-state index contributed by atoms with van der Waals surface area (Å²) in [5.41, 5.74) is 4.92. The van der Waals surface area contributed by atoms with Crippen molar-refractivity contribution in [3.05, 3.63) is 62.4 Å². The molecular formula is C13H13ClIN3. The molecule has 0 aliphatic heterocycles. The van der Waals surface area contributed by atoms with Crippen molar-refractivity contribution in [1.29, 1.82) is 0 Å². The number of halogens is 2. The highest BCUT2D eigenvalue weighted by molar-refractivity contribution is 14.1. The fourth-order valence-electron chi connectivity index (χ4n) is 1.77. The van der Waals surface area contributed by atoms with E-state index in [0.717, 1.165) is 21.2 Å². The van der Waals surface area contributed by atoms with Gasteiger partial charge in [-0.3, -0.25) is 16.3 Å². The van der Waals surface area contributed by atoms with E-state index in [-0.39, 0.29) is 6.04 Å². The highest BCUT2D eigenvalue weighted by Gasteiger charge is 2.14. The van der Waals surface area contributed by atoms with Gasteiger partial charge in [-0.25, -0.2) is 0 Å². The van der Waals surface area contributed by atoms with Crippen LogP contribution in [0, 0.1) is 3.57 Å². The minimum atomic E-state index is 0.00509. The Bertz CT molecular complexity index is 519. The molecule has 3 nitrogen and oxygen atoms in total. The molecule has 0 spiro atoms. The minimum Gasteiger partial charge on any atom is -0.271 e. The van der Waals surface area contributed by atoms with Crippen LogP contribution in [0.5, 0.6) is 0 Å². The Labute approximate surface area is 125 Å². The summed E-state index contributed by atoms with van der Waals surface area (Å²) in [5.74, 6) is 5.65. The number of aromatic nitrogens is 1. The van der Waals surface area contributed by atoms with E-state index >= 15 is 0 Å². The van der Waals surface area contributed by atoms with Crippen LogP contribution < -0.4 is 11.3 Å². The largest absolute Gasteiger partial charge is 0.271 e. The zero-order chi connectivity index (χ0) is 13.0. The van der Waals surface area contributed by atoms with Crippen LogP contribution in [-0.4, -0.2) is 4.98 Å². The second kappa shape index (κ2) is 6.47. The molecule has 0 aliphatic carbocycles. The molecule has 0 radical (unpaired) electrons. The van der Waals surface area contributed by atoms with Gasteiger partial charge in [-0.05, 0) is 58.5 Å². The predicted octanol–water partition coefficient (Wildman–Crippen LogP) is 3.09. The maximum Gasteiger partial charge on any atom is 0.0526 e. The Morgan fingerprint density at radius 3 is 2.83 bits per heavy atom. The zero-order valence-electron chi connectivity index (χ0n) is 9.61. The molecule has 1 atom stereocenters. The number of rotatable bonds is 4. The average molecular weight is 374 g/mol. The number of benzene rings is 1. The molecule has 5 heteroatoms. The number of nitrogens with one attached hydrogen (secondary N) is 1. The third-order valence-electron chi connectivity index (χ3n) is 2.67. The quantitative estimate of drug-likeness (QED) is 0.492.